The van der Waals surface area contributed by atoms with Gasteiger partial charge in [-0.05, 0) is 20.8 Å². The highest BCUT2D eigenvalue weighted by Gasteiger charge is 2.19. The summed E-state index contributed by atoms with van der Waals surface area (Å²) >= 11 is 2.26. The zero-order valence-electron chi connectivity index (χ0n) is 13.5. The second kappa shape index (κ2) is 12.4. The molecule has 0 spiro atoms. The van der Waals surface area contributed by atoms with E-state index < -0.39 is 5.60 Å². The zero-order chi connectivity index (χ0) is 16.1. The molecular formula is C14H28INO5. The quantitative estimate of drug-likeness (QED) is 0.294. The van der Waals surface area contributed by atoms with Crippen LogP contribution in [0.25, 0.3) is 0 Å². The molecule has 0 N–H and O–H groups in total. The first-order valence-electron chi connectivity index (χ1n) is 7.10. The molecule has 0 aromatic heterocycles. The molecule has 0 aliphatic rings. The molecule has 0 unspecified atom stereocenters. The highest BCUT2D eigenvalue weighted by molar-refractivity contribution is 14.1. The first-order valence-corrected chi connectivity index (χ1v) is 8.62. The van der Waals surface area contributed by atoms with Crippen molar-refractivity contribution in [3.05, 3.63) is 0 Å². The molecule has 126 valence electrons. The maximum atomic E-state index is 11.7. The Morgan fingerprint density at radius 2 is 1.43 bits per heavy atom. The van der Waals surface area contributed by atoms with Crippen LogP contribution in [0.5, 0.6) is 0 Å². The Bertz CT molecular complexity index is 271. The van der Waals surface area contributed by atoms with Crippen LogP contribution >= 0.6 is 22.6 Å². The van der Waals surface area contributed by atoms with Gasteiger partial charge in [-0.3, -0.25) is 0 Å². The van der Waals surface area contributed by atoms with E-state index in [9.17, 15) is 4.79 Å². The van der Waals surface area contributed by atoms with Crippen LogP contribution in [-0.2, 0) is 18.9 Å². The third-order valence-corrected chi connectivity index (χ3v) is 2.68. The first kappa shape index (κ1) is 20.9. The fourth-order valence-corrected chi connectivity index (χ4v) is 1.54. The van der Waals surface area contributed by atoms with Crippen molar-refractivity contribution in [1.29, 1.82) is 0 Å². The van der Waals surface area contributed by atoms with Crippen LogP contribution < -0.4 is 0 Å². The van der Waals surface area contributed by atoms with Gasteiger partial charge in [0.1, 0.15) is 5.60 Å². The molecule has 0 bridgehead atoms. The number of amides is 1. The molecule has 6 nitrogen and oxygen atoms in total. The summed E-state index contributed by atoms with van der Waals surface area (Å²) in [6.45, 7) is 9.49. The van der Waals surface area contributed by atoms with Crippen molar-refractivity contribution >= 4 is 28.7 Å². The van der Waals surface area contributed by atoms with Crippen LogP contribution in [0.2, 0.25) is 0 Å². The van der Waals surface area contributed by atoms with Gasteiger partial charge in [-0.2, -0.15) is 0 Å². The molecule has 0 rings (SSSR count). The van der Waals surface area contributed by atoms with E-state index in [2.05, 4.69) is 22.6 Å². The van der Waals surface area contributed by atoms with Gasteiger partial charge in [0.15, 0.2) is 0 Å². The van der Waals surface area contributed by atoms with E-state index in [0.717, 1.165) is 11.0 Å². The van der Waals surface area contributed by atoms with E-state index in [1.165, 1.54) is 4.90 Å². The average Bonchev–Trinajstić information content (AvgIpc) is 2.38. The van der Waals surface area contributed by atoms with E-state index in [-0.39, 0.29) is 6.09 Å². The Hall–Kier alpha value is -0.120. The van der Waals surface area contributed by atoms with Crippen LogP contribution in [0.3, 0.4) is 0 Å². The number of hydrogen-bond acceptors (Lipinski definition) is 5. The molecule has 0 saturated heterocycles. The summed E-state index contributed by atoms with van der Waals surface area (Å²) in [5.41, 5.74) is -0.473. The highest BCUT2D eigenvalue weighted by atomic mass is 127. The fourth-order valence-electron chi connectivity index (χ4n) is 1.23. The lowest BCUT2D eigenvalue weighted by atomic mass is 10.2. The lowest BCUT2D eigenvalue weighted by molar-refractivity contribution is 0.00641. The van der Waals surface area contributed by atoms with Crippen molar-refractivity contribution in [2.45, 2.75) is 26.4 Å². The minimum absolute atomic E-state index is 0.338. The standard InChI is InChI=1S/C14H28INO5/c1-14(2,3)21-13(17)16(4)6-8-19-10-12-20-11-9-18-7-5-15/h5-12H2,1-4H3. The summed E-state index contributed by atoms with van der Waals surface area (Å²) in [6, 6.07) is 0. The summed E-state index contributed by atoms with van der Waals surface area (Å²) in [7, 11) is 1.69. The summed E-state index contributed by atoms with van der Waals surface area (Å²) in [5, 5.41) is 0. The van der Waals surface area contributed by atoms with Crippen molar-refractivity contribution in [3.63, 3.8) is 0 Å². The van der Waals surface area contributed by atoms with E-state index in [4.69, 9.17) is 18.9 Å². The number of rotatable bonds is 11. The number of carbonyl (C=O) groups excluding carboxylic acids is 1. The molecular weight excluding hydrogens is 389 g/mol. The van der Waals surface area contributed by atoms with Gasteiger partial charge in [-0.25, -0.2) is 4.79 Å². The predicted molar refractivity (Wildman–Crippen MR) is 90.2 cm³/mol. The summed E-state index contributed by atoms with van der Waals surface area (Å²) in [5.74, 6) is 0. The summed E-state index contributed by atoms with van der Waals surface area (Å²) in [4.78, 5) is 13.2. The van der Waals surface area contributed by atoms with Gasteiger partial charge in [-0.15, -0.1) is 0 Å². The Balaban J connectivity index is 3.40. The van der Waals surface area contributed by atoms with Crippen LogP contribution in [0.4, 0.5) is 4.79 Å². The van der Waals surface area contributed by atoms with Gasteiger partial charge >= 0.3 is 6.09 Å². The average molecular weight is 417 g/mol. The van der Waals surface area contributed by atoms with Gasteiger partial charge < -0.3 is 23.8 Å². The second-order valence-electron chi connectivity index (χ2n) is 5.43. The monoisotopic (exact) mass is 417 g/mol. The van der Waals surface area contributed by atoms with Gasteiger partial charge in [0.2, 0.25) is 0 Å². The van der Waals surface area contributed by atoms with Gasteiger partial charge in [0.25, 0.3) is 0 Å². The Labute approximate surface area is 141 Å². The number of carbonyl (C=O) groups is 1. The molecule has 0 saturated carbocycles. The molecule has 0 aromatic carbocycles. The van der Waals surface area contributed by atoms with Crippen molar-refractivity contribution in [1.82, 2.24) is 4.90 Å². The molecule has 0 radical (unpaired) electrons. The van der Waals surface area contributed by atoms with E-state index in [1.54, 1.807) is 7.05 Å². The maximum absolute atomic E-state index is 11.7. The molecule has 0 aliphatic carbocycles. The number of halogens is 1. The third-order valence-electron chi connectivity index (χ3n) is 2.24. The molecule has 0 heterocycles. The van der Waals surface area contributed by atoms with E-state index in [1.807, 2.05) is 20.8 Å². The molecule has 0 atom stereocenters. The summed E-state index contributed by atoms with van der Waals surface area (Å²) < 4.78 is 22.2. The van der Waals surface area contributed by atoms with Crippen LogP contribution in [-0.4, -0.2) is 74.3 Å². The van der Waals surface area contributed by atoms with Crippen molar-refractivity contribution in [2.75, 3.05) is 57.7 Å². The van der Waals surface area contributed by atoms with Gasteiger partial charge in [-0.1, -0.05) is 22.6 Å². The Morgan fingerprint density at radius 3 is 1.90 bits per heavy atom. The Morgan fingerprint density at radius 1 is 0.952 bits per heavy atom. The van der Waals surface area contributed by atoms with Crippen molar-refractivity contribution in [2.24, 2.45) is 0 Å². The lowest BCUT2D eigenvalue weighted by Crippen LogP contribution is -2.36. The van der Waals surface area contributed by atoms with E-state index in [0.29, 0.717) is 39.6 Å². The number of ether oxygens (including phenoxy) is 4. The number of alkyl halides is 1. The van der Waals surface area contributed by atoms with Crippen LogP contribution in [0.1, 0.15) is 20.8 Å². The van der Waals surface area contributed by atoms with Gasteiger partial charge in [0, 0.05) is 18.0 Å². The summed E-state index contributed by atoms with van der Waals surface area (Å²) in [6.07, 6.45) is -0.338. The molecule has 0 aliphatic heterocycles. The lowest BCUT2D eigenvalue weighted by Gasteiger charge is -2.24. The SMILES string of the molecule is CN(CCOCCOCCOCCI)C(=O)OC(C)(C)C. The minimum Gasteiger partial charge on any atom is -0.444 e. The minimum atomic E-state index is -0.473. The normalized spacial score (nSPS) is 11.5. The Kier molecular flexibility index (Phi) is 12.4. The van der Waals surface area contributed by atoms with Crippen molar-refractivity contribution < 1.29 is 23.7 Å². The van der Waals surface area contributed by atoms with Crippen LogP contribution in [0, 0.1) is 0 Å². The smallest absolute Gasteiger partial charge is 0.410 e. The highest BCUT2D eigenvalue weighted by Crippen LogP contribution is 2.08. The topological polar surface area (TPSA) is 57.2 Å². The van der Waals surface area contributed by atoms with E-state index >= 15 is 0 Å². The van der Waals surface area contributed by atoms with Crippen LogP contribution in [0.15, 0.2) is 0 Å². The molecule has 1 amide bonds. The predicted octanol–water partition coefficient (Wildman–Crippen LogP) is 2.34. The molecule has 7 heteroatoms. The number of hydrogen-bond donors (Lipinski definition) is 0. The largest absolute Gasteiger partial charge is 0.444 e. The molecule has 0 aromatic rings. The number of likely N-dealkylation sites (N-methyl/N-ethyl adjacent to an activating group) is 1. The molecule has 21 heavy (non-hydrogen) atoms. The number of nitrogens with zero attached hydrogens (tertiary/aromatic N) is 1. The van der Waals surface area contributed by atoms with Crippen molar-refractivity contribution in [3.8, 4) is 0 Å². The maximum Gasteiger partial charge on any atom is 0.410 e. The zero-order valence-corrected chi connectivity index (χ0v) is 15.7. The second-order valence-corrected chi connectivity index (χ2v) is 6.51. The third kappa shape index (κ3) is 14.6. The van der Waals surface area contributed by atoms with Gasteiger partial charge in [0.05, 0.1) is 39.6 Å². The molecule has 0 fully saturated rings. The first-order chi connectivity index (χ1) is 9.87. The fraction of sp³-hybridized carbons (Fsp3) is 0.929.